The first kappa shape index (κ1) is 28.3. The molecule has 0 aliphatic carbocycles. The number of carbonyl (C=O) groups is 3. The van der Waals surface area contributed by atoms with E-state index in [0.29, 0.717) is 21.7 Å². The molecule has 0 bridgehead atoms. The van der Waals surface area contributed by atoms with Crippen molar-refractivity contribution in [1.82, 2.24) is 5.32 Å². The minimum absolute atomic E-state index is 0.0179. The molecule has 15 heteroatoms. The molecular weight excluding hydrogens is 524 g/mol. The van der Waals surface area contributed by atoms with Crippen LogP contribution in [0.25, 0.3) is 0 Å². The number of carboxylic acid groups (broad SMARTS) is 3. The minimum atomic E-state index is -1.72. The zero-order chi connectivity index (χ0) is 28.6. The quantitative estimate of drug-likeness (QED) is 0.150. The van der Waals surface area contributed by atoms with E-state index < -0.39 is 73.1 Å². The molecule has 8 atom stereocenters. The van der Waals surface area contributed by atoms with Crippen LogP contribution in [0.2, 0.25) is 0 Å². The molecule has 0 aromatic heterocycles. The molecule has 10 N–H and O–H groups in total. The van der Waals surface area contributed by atoms with Gasteiger partial charge in [0.15, 0.2) is 17.5 Å². The Morgan fingerprint density at radius 2 is 1.77 bits per heavy atom. The first-order valence-corrected chi connectivity index (χ1v) is 12.0. The van der Waals surface area contributed by atoms with Crippen LogP contribution in [0.1, 0.15) is 12.0 Å². The summed E-state index contributed by atoms with van der Waals surface area (Å²) in [4.78, 5) is 35.3. The molecule has 3 aliphatic heterocycles. The third-order valence-electron chi connectivity index (χ3n) is 6.98. The van der Waals surface area contributed by atoms with Crippen molar-refractivity contribution < 1.29 is 69.6 Å². The molecule has 0 spiro atoms. The molecule has 1 fully saturated rings. The van der Waals surface area contributed by atoms with Gasteiger partial charge in [-0.2, -0.15) is 0 Å². The number of quaternary nitrogens is 1. The number of aliphatic hydroxyl groups is 4. The Labute approximate surface area is 220 Å². The van der Waals surface area contributed by atoms with Crippen LogP contribution in [0, 0.1) is 0 Å². The van der Waals surface area contributed by atoms with Crippen LogP contribution in [0.4, 0.5) is 5.69 Å². The first-order valence-electron chi connectivity index (χ1n) is 12.0. The molecule has 1 aromatic rings. The van der Waals surface area contributed by atoms with Crippen molar-refractivity contribution in [2.45, 2.75) is 55.6 Å². The van der Waals surface area contributed by atoms with Gasteiger partial charge in [0, 0.05) is 24.5 Å². The molecule has 0 amide bonds. The molecular formula is C24H29N2O13+. The lowest BCUT2D eigenvalue weighted by Gasteiger charge is -2.39. The standard InChI is InChI=1S/C24H28N2O13/c27-8-17-18(29)19(30)20(31)24(39-17)38-16-6-10-5-14(23(36)37)26(13(10)7-15(16)28)2-1-9-3-11(21(32)33)25-12(4-9)22(34)35/h1,3,6-7,12,14,17-20,24-25,27-31H,2,4-5,8H2,(H,32,33)(H,34,35)(H,36,37)/p+1/b9-1+/t12-,14-,17+,18+,19-,20+,24+/m0/s1. The molecule has 1 unspecified atom stereocenters. The van der Waals surface area contributed by atoms with E-state index in [0.717, 1.165) is 0 Å². The number of fused-ring (bicyclic) bond motifs is 1. The second-order valence-corrected chi connectivity index (χ2v) is 9.50. The Morgan fingerprint density at radius 1 is 1.05 bits per heavy atom. The summed E-state index contributed by atoms with van der Waals surface area (Å²) in [7, 11) is 0. The number of aromatic hydroxyl groups is 1. The third-order valence-corrected chi connectivity index (χ3v) is 6.98. The molecule has 3 heterocycles. The van der Waals surface area contributed by atoms with Crippen LogP contribution in [-0.4, -0.2) is 115 Å². The van der Waals surface area contributed by atoms with E-state index in [9.17, 15) is 55.2 Å². The molecule has 15 nitrogen and oxygen atoms in total. The van der Waals surface area contributed by atoms with Crippen molar-refractivity contribution in [2.75, 3.05) is 13.2 Å². The number of rotatable bonds is 8. The summed E-state index contributed by atoms with van der Waals surface area (Å²) in [5.41, 5.74) is 0.960. The molecule has 0 radical (unpaired) electrons. The van der Waals surface area contributed by atoms with Gasteiger partial charge in [-0.15, -0.1) is 0 Å². The number of carboxylic acids is 3. The Bertz CT molecular complexity index is 1210. The number of phenolic OH excluding ortho intramolecular Hbond substituents is 1. The number of aliphatic carboxylic acids is 3. The average molecular weight is 553 g/mol. The highest BCUT2D eigenvalue weighted by Crippen LogP contribution is 2.36. The number of hydrogen-bond acceptors (Lipinski definition) is 11. The van der Waals surface area contributed by atoms with E-state index in [1.165, 1.54) is 18.2 Å². The van der Waals surface area contributed by atoms with E-state index in [2.05, 4.69) is 5.32 Å². The molecule has 1 aromatic carbocycles. The fraction of sp³-hybridized carbons (Fsp3) is 0.458. The highest BCUT2D eigenvalue weighted by atomic mass is 16.7. The molecule has 0 saturated carbocycles. The predicted octanol–water partition coefficient (Wildman–Crippen LogP) is -3.56. The SMILES string of the molecule is O=C(O)C1=C/C(=C\C[NH+]2c3cc(O)c(O[C@@H]4O[C@H](CO)[C@@H](O)[C@H](O)[C@H]4O)cc3C[C@H]2C(=O)O)C[C@@H](C(=O)O)N1. The number of phenols is 1. The van der Waals surface area contributed by atoms with Crippen LogP contribution in [0.5, 0.6) is 11.5 Å². The molecule has 39 heavy (non-hydrogen) atoms. The maximum atomic E-state index is 12.0. The van der Waals surface area contributed by atoms with Gasteiger partial charge in [0.25, 0.3) is 0 Å². The topological polar surface area (TPSA) is 248 Å². The summed E-state index contributed by atoms with van der Waals surface area (Å²) in [6.45, 7) is -0.650. The van der Waals surface area contributed by atoms with E-state index in [1.807, 2.05) is 0 Å². The van der Waals surface area contributed by atoms with Crippen molar-refractivity contribution in [3.63, 3.8) is 0 Å². The first-order chi connectivity index (χ1) is 18.4. The lowest BCUT2D eigenvalue weighted by Crippen LogP contribution is -3.11. The molecule has 3 aliphatic rings. The van der Waals surface area contributed by atoms with E-state index in [1.54, 1.807) is 6.08 Å². The fourth-order valence-corrected chi connectivity index (χ4v) is 4.90. The van der Waals surface area contributed by atoms with Crippen LogP contribution >= 0.6 is 0 Å². The highest BCUT2D eigenvalue weighted by molar-refractivity contribution is 5.89. The number of aliphatic hydroxyl groups excluding tert-OH is 4. The third kappa shape index (κ3) is 5.68. The Morgan fingerprint density at radius 3 is 2.38 bits per heavy atom. The van der Waals surface area contributed by atoms with Crippen LogP contribution in [-0.2, 0) is 25.5 Å². The van der Waals surface area contributed by atoms with Gasteiger partial charge in [0.1, 0.15) is 48.4 Å². The maximum absolute atomic E-state index is 12.0. The van der Waals surface area contributed by atoms with Gasteiger partial charge in [0.2, 0.25) is 6.29 Å². The lowest BCUT2D eigenvalue weighted by atomic mass is 9.99. The number of ether oxygens (including phenoxy) is 2. The van der Waals surface area contributed by atoms with Gasteiger partial charge in [-0.3, -0.25) is 4.90 Å². The van der Waals surface area contributed by atoms with Crippen LogP contribution < -0.4 is 15.0 Å². The van der Waals surface area contributed by atoms with Gasteiger partial charge in [0.05, 0.1) is 6.61 Å². The smallest absolute Gasteiger partial charge is 0.363 e. The second kappa shape index (κ2) is 11.2. The average Bonchev–Trinajstić information content (AvgIpc) is 3.24. The maximum Gasteiger partial charge on any atom is 0.363 e. The summed E-state index contributed by atoms with van der Waals surface area (Å²) >= 11 is 0. The fourth-order valence-electron chi connectivity index (χ4n) is 4.90. The zero-order valence-corrected chi connectivity index (χ0v) is 20.3. The summed E-state index contributed by atoms with van der Waals surface area (Å²) < 4.78 is 10.8. The van der Waals surface area contributed by atoms with Gasteiger partial charge >= 0.3 is 17.9 Å². The number of nitrogens with one attached hydrogen (secondary N) is 2. The van der Waals surface area contributed by atoms with Crippen molar-refractivity contribution in [2.24, 2.45) is 0 Å². The number of benzene rings is 1. The zero-order valence-electron chi connectivity index (χ0n) is 20.3. The largest absolute Gasteiger partial charge is 0.504 e. The van der Waals surface area contributed by atoms with Gasteiger partial charge < -0.3 is 55.6 Å². The summed E-state index contributed by atoms with van der Waals surface area (Å²) in [6, 6.07) is 0.454. The Balaban J connectivity index is 1.59. The van der Waals surface area contributed by atoms with E-state index >= 15 is 0 Å². The number of allylic oxidation sites excluding steroid dienone is 1. The highest BCUT2D eigenvalue weighted by Gasteiger charge is 2.46. The molecule has 212 valence electrons. The van der Waals surface area contributed by atoms with Gasteiger partial charge in [-0.05, 0) is 23.8 Å². The lowest BCUT2D eigenvalue weighted by molar-refractivity contribution is -0.838. The van der Waals surface area contributed by atoms with Crippen molar-refractivity contribution in [3.05, 3.63) is 41.1 Å². The summed E-state index contributed by atoms with van der Waals surface area (Å²) in [6.07, 6.45) is -5.00. The molecule has 4 rings (SSSR count). The van der Waals surface area contributed by atoms with E-state index in [4.69, 9.17) is 9.47 Å². The Kier molecular flexibility index (Phi) is 8.10. The summed E-state index contributed by atoms with van der Waals surface area (Å²) in [5, 5.41) is 81.0. The minimum Gasteiger partial charge on any atom is -0.504 e. The second-order valence-electron chi connectivity index (χ2n) is 9.50. The van der Waals surface area contributed by atoms with Crippen molar-refractivity contribution >= 4 is 23.6 Å². The van der Waals surface area contributed by atoms with Gasteiger partial charge in [-0.1, -0.05) is 0 Å². The predicted molar refractivity (Wildman–Crippen MR) is 126 cm³/mol. The van der Waals surface area contributed by atoms with Crippen molar-refractivity contribution in [1.29, 1.82) is 0 Å². The Hall–Kier alpha value is -3.73. The van der Waals surface area contributed by atoms with Crippen LogP contribution in [0.15, 0.2) is 35.6 Å². The number of hydrogen-bond donors (Lipinski definition) is 10. The van der Waals surface area contributed by atoms with Crippen LogP contribution in [0.3, 0.4) is 0 Å². The van der Waals surface area contributed by atoms with Crippen molar-refractivity contribution in [3.8, 4) is 11.5 Å². The monoisotopic (exact) mass is 553 g/mol. The summed E-state index contributed by atoms with van der Waals surface area (Å²) in [5.74, 6) is -4.37. The normalized spacial score (nSPS) is 33.1. The molecule has 1 saturated heterocycles. The van der Waals surface area contributed by atoms with E-state index in [-0.39, 0.29) is 30.8 Å². The van der Waals surface area contributed by atoms with Gasteiger partial charge in [-0.25, -0.2) is 14.4 Å².